The number of pyridine rings is 1. The van der Waals surface area contributed by atoms with E-state index in [4.69, 9.17) is 11.6 Å². The molecule has 0 bridgehead atoms. The van der Waals surface area contributed by atoms with Crippen LogP contribution in [-0.2, 0) is 5.88 Å². The number of hydrogen-bond donors (Lipinski definition) is 0. The Labute approximate surface area is 103 Å². The standard InChI is InChI=1S/C11H14ClF3N2/c1-8-5-9(6-12)7-16-10(8)17(2)4-3-11(13,14)15/h5,7H,3-4,6H2,1-2H3. The van der Waals surface area contributed by atoms with Crippen LogP contribution in [0, 0.1) is 6.92 Å². The molecule has 0 fully saturated rings. The molecule has 0 aliphatic heterocycles. The van der Waals surface area contributed by atoms with Crippen LogP contribution in [0.1, 0.15) is 17.5 Å². The number of aromatic nitrogens is 1. The largest absolute Gasteiger partial charge is 0.390 e. The molecule has 17 heavy (non-hydrogen) atoms. The molecular weight excluding hydrogens is 253 g/mol. The van der Waals surface area contributed by atoms with Gasteiger partial charge in [-0.05, 0) is 24.1 Å². The summed E-state index contributed by atoms with van der Waals surface area (Å²) in [7, 11) is 1.60. The third kappa shape index (κ3) is 4.42. The fourth-order valence-electron chi connectivity index (χ4n) is 1.50. The highest BCUT2D eigenvalue weighted by Gasteiger charge is 2.27. The molecule has 0 aromatic carbocycles. The van der Waals surface area contributed by atoms with Crippen molar-refractivity contribution in [2.24, 2.45) is 0 Å². The summed E-state index contributed by atoms with van der Waals surface area (Å²) in [5, 5.41) is 0. The van der Waals surface area contributed by atoms with Gasteiger partial charge in [-0.2, -0.15) is 13.2 Å². The molecule has 1 aromatic rings. The van der Waals surface area contributed by atoms with Gasteiger partial charge in [-0.3, -0.25) is 0 Å². The Balaban J connectivity index is 2.72. The maximum Gasteiger partial charge on any atom is 0.390 e. The van der Waals surface area contributed by atoms with Gasteiger partial charge in [0.15, 0.2) is 0 Å². The van der Waals surface area contributed by atoms with Gasteiger partial charge >= 0.3 is 6.18 Å². The number of aryl methyl sites for hydroxylation is 1. The van der Waals surface area contributed by atoms with Gasteiger partial charge in [0.1, 0.15) is 5.82 Å². The quantitative estimate of drug-likeness (QED) is 0.775. The molecule has 0 atom stereocenters. The van der Waals surface area contributed by atoms with E-state index in [1.807, 2.05) is 13.0 Å². The van der Waals surface area contributed by atoms with Gasteiger partial charge in [-0.15, -0.1) is 11.6 Å². The minimum absolute atomic E-state index is 0.0996. The first-order valence-electron chi connectivity index (χ1n) is 5.13. The summed E-state index contributed by atoms with van der Waals surface area (Å²) < 4.78 is 36.3. The first-order chi connectivity index (χ1) is 7.83. The van der Waals surface area contributed by atoms with Gasteiger partial charge in [0.25, 0.3) is 0 Å². The number of hydrogen-bond acceptors (Lipinski definition) is 2. The van der Waals surface area contributed by atoms with Crippen molar-refractivity contribution in [2.75, 3.05) is 18.5 Å². The SMILES string of the molecule is Cc1cc(CCl)cnc1N(C)CCC(F)(F)F. The highest BCUT2D eigenvalue weighted by Crippen LogP contribution is 2.22. The molecule has 0 radical (unpaired) electrons. The van der Waals surface area contributed by atoms with Gasteiger partial charge in [0, 0.05) is 25.7 Å². The van der Waals surface area contributed by atoms with Crippen LogP contribution in [0.4, 0.5) is 19.0 Å². The van der Waals surface area contributed by atoms with E-state index < -0.39 is 12.6 Å². The first-order valence-corrected chi connectivity index (χ1v) is 5.66. The highest BCUT2D eigenvalue weighted by molar-refractivity contribution is 6.17. The Morgan fingerprint density at radius 1 is 1.41 bits per heavy atom. The lowest BCUT2D eigenvalue weighted by atomic mass is 10.2. The van der Waals surface area contributed by atoms with Gasteiger partial charge in [-0.25, -0.2) is 4.98 Å². The van der Waals surface area contributed by atoms with Crippen LogP contribution in [0.2, 0.25) is 0 Å². The second-order valence-electron chi connectivity index (χ2n) is 3.90. The van der Waals surface area contributed by atoms with Gasteiger partial charge < -0.3 is 4.90 Å². The van der Waals surface area contributed by atoms with E-state index >= 15 is 0 Å². The van der Waals surface area contributed by atoms with Crippen molar-refractivity contribution in [2.45, 2.75) is 25.4 Å². The molecule has 1 heterocycles. The molecule has 0 saturated carbocycles. The van der Waals surface area contributed by atoms with Crippen molar-refractivity contribution in [1.29, 1.82) is 0 Å². The average molecular weight is 267 g/mol. The number of alkyl halides is 4. The van der Waals surface area contributed by atoms with E-state index in [0.29, 0.717) is 11.7 Å². The smallest absolute Gasteiger partial charge is 0.359 e. The minimum Gasteiger partial charge on any atom is -0.359 e. The van der Waals surface area contributed by atoms with E-state index in [1.165, 1.54) is 4.90 Å². The zero-order valence-electron chi connectivity index (χ0n) is 9.68. The van der Waals surface area contributed by atoms with E-state index in [2.05, 4.69) is 4.98 Å². The maximum atomic E-state index is 12.1. The van der Waals surface area contributed by atoms with Gasteiger partial charge in [0.2, 0.25) is 0 Å². The summed E-state index contributed by atoms with van der Waals surface area (Å²) in [4.78, 5) is 5.62. The maximum absolute atomic E-state index is 12.1. The Hall–Kier alpha value is -0.970. The Kier molecular flexibility index (Phi) is 4.62. The second-order valence-corrected chi connectivity index (χ2v) is 4.17. The van der Waals surface area contributed by atoms with Crippen molar-refractivity contribution in [1.82, 2.24) is 4.98 Å². The van der Waals surface area contributed by atoms with Gasteiger partial charge in [0.05, 0.1) is 6.42 Å². The highest BCUT2D eigenvalue weighted by atomic mass is 35.5. The monoisotopic (exact) mass is 266 g/mol. The third-order valence-electron chi connectivity index (χ3n) is 2.35. The third-order valence-corrected chi connectivity index (χ3v) is 2.66. The van der Waals surface area contributed by atoms with Crippen LogP contribution in [0.15, 0.2) is 12.3 Å². The lowest BCUT2D eigenvalue weighted by molar-refractivity contribution is -0.132. The van der Waals surface area contributed by atoms with Crippen molar-refractivity contribution < 1.29 is 13.2 Å². The zero-order chi connectivity index (χ0) is 13.1. The van der Waals surface area contributed by atoms with Crippen LogP contribution in [0.5, 0.6) is 0 Å². The predicted molar refractivity (Wildman–Crippen MR) is 62.5 cm³/mol. The molecule has 6 heteroatoms. The molecule has 96 valence electrons. The van der Waals surface area contributed by atoms with Crippen molar-refractivity contribution >= 4 is 17.4 Å². The molecule has 0 spiro atoms. The van der Waals surface area contributed by atoms with Crippen molar-refractivity contribution in [3.8, 4) is 0 Å². The van der Waals surface area contributed by atoms with Crippen molar-refractivity contribution in [3.05, 3.63) is 23.4 Å². The molecule has 0 amide bonds. The lowest BCUT2D eigenvalue weighted by Crippen LogP contribution is -2.25. The van der Waals surface area contributed by atoms with Gasteiger partial charge in [-0.1, -0.05) is 0 Å². The van der Waals surface area contributed by atoms with E-state index in [9.17, 15) is 13.2 Å². The van der Waals surface area contributed by atoms with Crippen molar-refractivity contribution in [3.63, 3.8) is 0 Å². The van der Waals surface area contributed by atoms with E-state index in [1.54, 1.807) is 13.2 Å². The summed E-state index contributed by atoms with van der Waals surface area (Å²) in [6.07, 6.45) is -3.40. The fourth-order valence-corrected chi connectivity index (χ4v) is 1.65. The molecule has 0 aliphatic carbocycles. The first kappa shape index (κ1) is 14.1. The normalized spacial score (nSPS) is 11.6. The van der Waals surface area contributed by atoms with Crippen LogP contribution < -0.4 is 4.90 Å². The topological polar surface area (TPSA) is 16.1 Å². The molecule has 1 rings (SSSR count). The summed E-state index contributed by atoms with van der Waals surface area (Å²) in [5.74, 6) is 0.906. The number of anilines is 1. The lowest BCUT2D eigenvalue weighted by Gasteiger charge is -2.21. The Morgan fingerprint density at radius 2 is 2.06 bits per heavy atom. The fraction of sp³-hybridized carbons (Fsp3) is 0.545. The summed E-state index contributed by atoms with van der Waals surface area (Å²) in [5.41, 5.74) is 1.69. The molecule has 0 N–H and O–H groups in total. The number of halogens is 4. The number of nitrogens with zero attached hydrogens (tertiary/aromatic N) is 2. The molecular formula is C11H14ClF3N2. The van der Waals surface area contributed by atoms with Crippen LogP contribution >= 0.6 is 11.6 Å². The van der Waals surface area contributed by atoms with Crippen LogP contribution in [0.3, 0.4) is 0 Å². The van der Waals surface area contributed by atoms with E-state index in [0.717, 1.165) is 11.1 Å². The molecule has 0 saturated heterocycles. The summed E-state index contributed by atoms with van der Waals surface area (Å²) in [6, 6.07) is 1.83. The molecule has 0 aliphatic rings. The average Bonchev–Trinajstić information content (AvgIpc) is 2.24. The van der Waals surface area contributed by atoms with E-state index in [-0.39, 0.29) is 6.54 Å². The zero-order valence-corrected chi connectivity index (χ0v) is 10.4. The minimum atomic E-state index is -4.14. The summed E-state index contributed by atoms with van der Waals surface area (Å²) in [6.45, 7) is 1.71. The molecule has 1 aromatic heterocycles. The molecule has 2 nitrogen and oxygen atoms in total. The number of rotatable bonds is 4. The Bertz CT molecular complexity index is 379. The predicted octanol–water partition coefficient (Wildman–Crippen LogP) is 3.52. The second kappa shape index (κ2) is 5.58. The van der Waals surface area contributed by atoms with Crippen LogP contribution in [0.25, 0.3) is 0 Å². The Morgan fingerprint density at radius 3 is 2.53 bits per heavy atom. The van der Waals surface area contributed by atoms with Crippen LogP contribution in [-0.4, -0.2) is 24.8 Å². The molecule has 0 unspecified atom stereocenters. The summed E-state index contributed by atoms with van der Waals surface area (Å²) >= 11 is 5.65.